The smallest absolute Gasteiger partial charge is 0.349 e. The topological polar surface area (TPSA) is 90.7 Å². The molecule has 0 spiro atoms. The number of aryl methyl sites for hydroxylation is 2. The Morgan fingerprint density at radius 1 is 1.27 bits per heavy atom. The third-order valence-electron chi connectivity index (χ3n) is 4.79. The number of esters is 1. The van der Waals surface area contributed by atoms with Crippen LogP contribution in [0.1, 0.15) is 27.5 Å². The molecule has 0 saturated carbocycles. The van der Waals surface area contributed by atoms with Crippen LogP contribution in [0.4, 0.5) is 0 Å². The summed E-state index contributed by atoms with van der Waals surface area (Å²) in [5.74, 6) is -0.0552. The molecule has 2 aliphatic heterocycles. The molecule has 2 aromatic rings. The number of rotatable bonds is 3. The van der Waals surface area contributed by atoms with Crippen LogP contribution in [0.2, 0.25) is 0 Å². The van der Waals surface area contributed by atoms with Crippen molar-refractivity contribution in [2.45, 2.75) is 26.3 Å². The van der Waals surface area contributed by atoms with Gasteiger partial charge in [-0.2, -0.15) is 0 Å². The monoisotopic (exact) mass is 377 g/mol. The van der Waals surface area contributed by atoms with Crippen molar-refractivity contribution in [3.8, 4) is 0 Å². The largest absolute Gasteiger partial charge is 0.451 e. The Morgan fingerprint density at radius 3 is 2.81 bits per heavy atom. The molecule has 0 radical (unpaired) electrons. The van der Waals surface area contributed by atoms with Crippen molar-refractivity contribution in [2.75, 3.05) is 32.9 Å². The van der Waals surface area contributed by atoms with Crippen LogP contribution in [-0.2, 0) is 27.2 Å². The van der Waals surface area contributed by atoms with Crippen LogP contribution >= 0.6 is 11.3 Å². The number of carbonyl (C=O) groups is 2. The van der Waals surface area contributed by atoms with Crippen molar-refractivity contribution in [1.82, 2.24) is 14.5 Å². The van der Waals surface area contributed by atoms with Crippen molar-refractivity contribution in [1.29, 1.82) is 0 Å². The summed E-state index contributed by atoms with van der Waals surface area (Å²) in [7, 11) is 0. The number of fused-ring (bicyclic) bond motifs is 2. The molecule has 1 saturated heterocycles. The zero-order chi connectivity index (χ0) is 18.3. The molecule has 26 heavy (non-hydrogen) atoms. The van der Waals surface area contributed by atoms with Crippen molar-refractivity contribution >= 4 is 33.4 Å². The maximum Gasteiger partial charge on any atom is 0.349 e. The molecular weight excluding hydrogens is 358 g/mol. The summed E-state index contributed by atoms with van der Waals surface area (Å²) >= 11 is 1.16. The molecule has 4 rings (SSSR count). The van der Waals surface area contributed by atoms with E-state index in [-0.39, 0.29) is 18.1 Å². The lowest BCUT2D eigenvalue weighted by atomic mass is 10.2. The van der Waals surface area contributed by atoms with E-state index < -0.39 is 5.97 Å². The van der Waals surface area contributed by atoms with E-state index >= 15 is 0 Å². The van der Waals surface area contributed by atoms with E-state index in [1.54, 1.807) is 16.4 Å². The van der Waals surface area contributed by atoms with Gasteiger partial charge in [0.05, 0.1) is 18.6 Å². The van der Waals surface area contributed by atoms with E-state index in [0.29, 0.717) is 53.5 Å². The molecule has 0 atom stereocenters. The fourth-order valence-corrected chi connectivity index (χ4v) is 4.45. The molecule has 0 unspecified atom stereocenters. The maximum atomic E-state index is 12.7. The van der Waals surface area contributed by atoms with Gasteiger partial charge < -0.3 is 14.4 Å². The van der Waals surface area contributed by atoms with E-state index in [1.165, 1.54) is 0 Å². The Bertz CT molecular complexity index is 942. The van der Waals surface area contributed by atoms with E-state index in [2.05, 4.69) is 4.98 Å². The van der Waals surface area contributed by atoms with E-state index in [1.807, 2.05) is 0 Å². The van der Waals surface area contributed by atoms with Crippen LogP contribution in [0.15, 0.2) is 4.79 Å². The van der Waals surface area contributed by atoms with Crippen molar-refractivity contribution < 1.29 is 19.1 Å². The lowest BCUT2D eigenvalue weighted by Crippen LogP contribution is -2.42. The van der Waals surface area contributed by atoms with E-state index in [9.17, 15) is 14.4 Å². The molecule has 1 fully saturated rings. The Kier molecular flexibility index (Phi) is 4.49. The van der Waals surface area contributed by atoms with Gasteiger partial charge in [-0.1, -0.05) is 0 Å². The fraction of sp³-hybridized carbons (Fsp3) is 0.529. The Labute approximate surface area is 153 Å². The predicted molar refractivity (Wildman–Crippen MR) is 94.6 cm³/mol. The zero-order valence-electron chi connectivity index (χ0n) is 14.4. The standard InChI is InChI=1S/C17H19N3O5S/c1-10-13-15(18-11-3-2-4-20(11)16(13)22)26-14(10)17(23)25-9-12(21)19-5-7-24-8-6-19/h2-9H2,1H3. The van der Waals surface area contributed by atoms with Gasteiger partial charge in [-0.3, -0.25) is 14.2 Å². The minimum atomic E-state index is -0.586. The number of thiophene rings is 1. The number of ether oxygens (including phenoxy) is 2. The second-order valence-electron chi connectivity index (χ2n) is 6.39. The SMILES string of the molecule is Cc1c(C(=O)OCC(=O)N2CCOCC2)sc2nc3n(c(=O)c12)CCC3. The first-order valence-electron chi connectivity index (χ1n) is 8.61. The highest BCUT2D eigenvalue weighted by molar-refractivity contribution is 7.20. The summed E-state index contributed by atoms with van der Waals surface area (Å²) in [4.78, 5) is 44.3. The molecule has 0 aliphatic carbocycles. The maximum absolute atomic E-state index is 12.7. The number of nitrogens with zero attached hydrogens (tertiary/aromatic N) is 3. The Morgan fingerprint density at radius 2 is 2.04 bits per heavy atom. The number of carbonyl (C=O) groups excluding carboxylic acids is 2. The molecular formula is C17H19N3O5S. The Balaban J connectivity index is 1.54. The second-order valence-corrected chi connectivity index (χ2v) is 7.39. The van der Waals surface area contributed by atoms with Gasteiger partial charge in [0.2, 0.25) is 0 Å². The first-order valence-corrected chi connectivity index (χ1v) is 9.43. The lowest BCUT2D eigenvalue weighted by Gasteiger charge is -2.26. The molecule has 2 aliphatic rings. The van der Waals surface area contributed by atoms with Gasteiger partial charge >= 0.3 is 5.97 Å². The van der Waals surface area contributed by atoms with Crippen LogP contribution in [0.25, 0.3) is 10.2 Å². The van der Waals surface area contributed by atoms with E-state index in [0.717, 1.165) is 30.0 Å². The van der Waals surface area contributed by atoms with E-state index in [4.69, 9.17) is 9.47 Å². The predicted octanol–water partition coefficient (Wildman–Crippen LogP) is 0.728. The normalized spacial score (nSPS) is 16.7. The van der Waals surface area contributed by atoms with Crippen LogP contribution < -0.4 is 5.56 Å². The summed E-state index contributed by atoms with van der Waals surface area (Å²) in [6.45, 7) is 4.08. The average Bonchev–Trinajstić information content (AvgIpc) is 3.25. The highest BCUT2D eigenvalue weighted by Crippen LogP contribution is 2.29. The van der Waals surface area contributed by atoms with Crippen LogP contribution in [-0.4, -0.2) is 59.2 Å². The number of aromatic nitrogens is 2. The third kappa shape index (κ3) is 2.90. The van der Waals surface area contributed by atoms with Crippen LogP contribution in [0.5, 0.6) is 0 Å². The quantitative estimate of drug-likeness (QED) is 0.733. The first-order chi connectivity index (χ1) is 12.6. The Hall–Kier alpha value is -2.26. The highest BCUT2D eigenvalue weighted by Gasteiger charge is 2.25. The molecule has 0 bridgehead atoms. The van der Waals surface area contributed by atoms with Gasteiger partial charge in [0.25, 0.3) is 11.5 Å². The number of amides is 1. The van der Waals surface area contributed by atoms with Gasteiger partial charge in [-0.25, -0.2) is 9.78 Å². The summed E-state index contributed by atoms with van der Waals surface area (Å²) in [5.41, 5.74) is 0.480. The molecule has 0 N–H and O–H groups in total. The van der Waals surface area contributed by atoms with Gasteiger partial charge in [0.1, 0.15) is 15.5 Å². The van der Waals surface area contributed by atoms with Crippen LogP contribution in [0.3, 0.4) is 0 Å². The second kappa shape index (κ2) is 6.81. The third-order valence-corrected chi connectivity index (χ3v) is 5.95. The molecule has 0 aromatic carbocycles. The highest BCUT2D eigenvalue weighted by atomic mass is 32.1. The molecule has 138 valence electrons. The lowest BCUT2D eigenvalue weighted by molar-refractivity contribution is -0.138. The van der Waals surface area contributed by atoms with Gasteiger partial charge in [0.15, 0.2) is 6.61 Å². The number of hydrogen-bond acceptors (Lipinski definition) is 7. The summed E-state index contributed by atoms with van der Waals surface area (Å²) in [6.07, 6.45) is 1.69. The summed E-state index contributed by atoms with van der Waals surface area (Å²) < 4.78 is 12.1. The number of hydrogen-bond donors (Lipinski definition) is 0. The van der Waals surface area contributed by atoms with Gasteiger partial charge in [-0.15, -0.1) is 11.3 Å². The fourth-order valence-electron chi connectivity index (χ4n) is 3.37. The molecule has 1 amide bonds. The first kappa shape index (κ1) is 17.2. The molecule has 8 nitrogen and oxygen atoms in total. The van der Waals surface area contributed by atoms with Crippen molar-refractivity contribution in [3.63, 3.8) is 0 Å². The minimum absolute atomic E-state index is 0.0975. The van der Waals surface area contributed by atoms with Crippen molar-refractivity contribution in [2.24, 2.45) is 0 Å². The molecule has 9 heteroatoms. The van der Waals surface area contributed by atoms with Gasteiger partial charge in [-0.05, 0) is 18.9 Å². The summed E-state index contributed by atoms with van der Waals surface area (Å²) in [6, 6.07) is 0. The van der Waals surface area contributed by atoms with Gasteiger partial charge in [0, 0.05) is 26.1 Å². The van der Waals surface area contributed by atoms with Crippen LogP contribution in [0, 0.1) is 6.92 Å². The van der Waals surface area contributed by atoms with Crippen molar-refractivity contribution in [3.05, 3.63) is 26.6 Å². The summed E-state index contributed by atoms with van der Waals surface area (Å²) in [5, 5.41) is 0.479. The average molecular weight is 377 g/mol. The minimum Gasteiger partial charge on any atom is -0.451 e. The number of morpholine rings is 1. The molecule has 4 heterocycles. The zero-order valence-corrected chi connectivity index (χ0v) is 15.3. The molecule has 2 aromatic heterocycles.